The predicted molar refractivity (Wildman–Crippen MR) is 77.9 cm³/mol. The van der Waals surface area contributed by atoms with Crippen LogP contribution in [0.2, 0.25) is 0 Å². The van der Waals surface area contributed by atoms with Crippen molar-refractivity contribution in [1.82, 2.24) is 0 Å². The number of carbonyl (C=O) groups excluding carboxylic acids is 1. The van der Waals surface area contributed by atoms with Gasteiger partial charge in [-0.25, -0.2) is 0 Å². The second-order valence-electron chi connectivity index (χ2n) is 4.47. The Labute approximate surface area is 114 Å². The third-order valence-corrected chi connectivity index (χ3v) is 3.29. The Kier molecular flexibility index (Phi) is 4.00. The normalized spacial score (nSPS) is 14.6. The molecule has 0 N–H and O–H groups in total. The molecule has 0 unspecified atom stereocenters. The van der Waals surface area contributed by atoms with Gasteiger partial charge in [-0.1, -0.05) is 44.2 Å². The summed E-state index contributed by atoms with van der Waals surface area (Å²) in [5, 5.41) is 0. The highest BCUT2D eigenvalue weighted by Gasteiger charge is 2.27. The van der Waals surface area contributed by atoms with Crippen LogP contribution in [0.1, 0.15) is 35.7 Å². The van der Waals surface area contributed by atoms with E-state index in [1.807, 2.05) is 24.3 Å². The fourth-order valence-corrected chi connectivity index (χ4v) is 2.39. The van der Waals surface area contributed by atoms with Crippen LogP contribution in [-0.2, 0) is 4.74 Å². The molecule has 0 spiro atoms. The molecule has 2 rings (SSSR count). The number of carbonyl (C=O) groups is 1. The van der Waals surface area contributed by atoms with Crippen molar-refractivity contribution in [2.45, 2.75) is 19.8 Å². The minimum atomic E-state index is 0.0791. The van der Waals surface area contributed by atoms with Crippen LogP contribution in [0.25, 0.3) is 5.57 Å². The average Bonchev–Trinajstić information content (AvgIpc) is 2.71. The number of hydrogen-bond acceptors (Lipinski definition) is 2. The van der Waals surface area contributed by atoms with Gasteiger partial charge in [0, 0.05) is 11.1 Å². The molecule has 0 amide bonds. The van der Waals surface area contributed by atoms with Crippen molar-refractivity contribution in [1.29, 1.82) is 0 Å². The molecule has 1 aliphatic rings. The summed E-state index contributed by atoms with van der Waals surface area (Å²) >= 11 is 0. The van der Waals surface area contributed by atoms with E-state index in [0.717, 1.165) is 35.1 Å². The first kappa shape index (κ1) is 13.3. The van der Waals surface area contributed by atoms with Crippen LogP contribution < -0.4 is 0 Å². The van der Waals surface area contributed by atoms with Crippen molar-refractivity contribution in [3.05, 3.63) is 65.5 Å². The summed E-state index contributed by atoms with van der Waals surface area (Å²) in [4.78, 5) is 12.5. The first-order valence-corrected chi connectivity index (χ1v) is 6.48. The highest BCUT2D eigenvalue weighted by Crippen LogP contribution is 2.36. The van der Waals surface area contributed by atoms with Gasteiger partial charge < -0.3 is 4.74 Å². The van der Waals surface area contributed by atoms with Gasteiger partial charge in [-0.05, 0) is 29.7 Å². The minimum absolute atomic E-state index is 0.0791. The SMILES string of the molecule is C=C/C(=C\C1=C(CCC)c2ccccc2C1=O)OC. The molecule has 0 atom stereocenters. The molecule has 0 saturated heterocycles. The summed E-state index contributed by atoms with van der Waals surface area (Å²) in [5.41, 5.74) is 3.69. The maximum Gasteiger partial charge on any atom is 0.194 e. The van der Waals surface area contributed by atoms with Crippen molar-refractivity contribution in [3.8, 4) is 0 Å². The molecule has 0 saturated carbocycles. The largest absolute Gasteiger partial charge is 0.497 e. The van der Waals surface area contributed by atoms with Crippen molar-refractivity contribution in [3.63, 3.8) is 0 Å². The van der Waals surface area contributed by atoms with Crippen molar-refractivity contribution < 1.29 is 9.53 Å². The van der Waals surface area contributed by atoms with E-state index in [-0.39, 0.29) is 5.78 Å². The van der Waals surface area contributed by atoms with Crippen LogP contribution in [0.3, 0.4) is 0 Å². The molecule has 0 fully saturated rings. The average molecular weight is 254 g/mol. The van der Waals surface area contributed by atoms with Crippen LogP contribution in [0.5, 0.6) is 0 Å². The third-order valence-electron chi connectivity index (χ3n) is 3.29. The first-order valence-electron chi connectivity index (χ1n) is 6.48. The topological polar surface area (TPSA) is 26.3 Å². The molecular weight excluding hydrogens is 236 g/mol. The highest BCUT2D eigenvalue weighted by molar-refractivity contribution is 6.22. The molecule has 1 aliphatic carbocycles. The van der Waals surface area contributed by atoms with E-state index < -0.39 is 0 Å². The zero-order valence-corrected chi connectivity index (χ0v) is 11.4. The molecular formula is C17H18O2. The fraction of sp³-hybridized carbons (Fsp3) is 0.235. The summed E-state index contributed by atoms with van der Waals surface area (Å²) in [6.07, 6.45) is 5.31. The molecule has 98 valence electrons. The maximum absolute atomic E-state index is 12.5. The Bertz CT molecular complexity index is 577. The predicted octanol–water partition coefficient (Wildman–Crippen LogP) is 4.15. The lowest BCUT2D eigenvalue weighted by atomic mass is 10.0. The molecule has 19 heavy (non-hydrogen) atoms. The van der Waals surface area contributed by atoms with Gasteiger partial charge in [-0.3, -0.25) is 4.79 Å². The van der Waals surface area contributed by atoms with Crippen LogP contribution >= 0.6 is 0 Å². The van der Waals surface area contributed by atoms with Gasteiger partial charge in [0.05, 0.1) is 7.11 Å². The lowest BCUT2D eigenvalue weighted by molar-refractivity contribution is 0.104. The number of methoxy groups -OCH3 is 1. The molecule has 0 radical (unpaired) electrons. The highest BCUT2D eigenvalue weighted by atomic mass is 16.5. The summed E-state index contributed by atoms with van der Waals surface area (Å²) in [6, 6.07) is 7.77. The van der Waals surface area contributed by atoms with E-state index >= 15 is 0 Å². The molecule has 0 heterocycles. The van der Waals surface area contributed by atoms with E-state index in [1.165, 1.54) is 0 Å². The van der Waals surface area contributed by atoms with E-state index in [9.17, 15) is 4.79 Å². The molecule has 1 aromatic rings. The smallest absolute Gasteiger partial charge is 0.194 e. The molecule has 2 heteroatoms. The van der Waals surface area contributed by atoms with Crippen LogP contribution in [0, 0.1) is 0 Å². The van der Waals surface area contributed by atoms with Crippen LogP contribution in [-0.4, -0.2) is 12.9 Å². The number of fused-ring (bicyclic) bond motifs is 1. The lowest BCUT2D eigenvalue weighted by Gasteiger charge is -2.04. The lowest BCUT2D eigenvalue weighted by Crippen LogP contribution is -1.97. The Morgan fingerprint density at radius 3 is 2.58 bits per heavy atom. The molecule has 1 aromatic carbocycles. The molecule has 0 aromatic heterocycles. The third kappa shape index (κ3) is 2.39. The van der Waals surface area contributed by atoms with Gasteiger partial charge in [-0.2, -0.15) is 0 Å². The monoisotopic (exact) mass is 254 g/mol. The van der Waals surface area contributed by atoms with E-state index in [0.29, 0.717) is 5.76 Å². The van der Waals surface area contributed by atoms with Crippen molar-refractivity contribution in [2.24, 2.45) is 0 Å². The summed E-state index contributed by atoms with van der Waals surface area (Å²) in [5.74, 6) is 0.695. The number of benzene rings is 1. The quantitative estimate of drug-likeness (QED) is 0.582. The Hall–Kier alpha value is -2.09. The zero-order chi connectivity index (χ0) is 13.8. The maximum atomic E-state index is 12.5. The summed E-state index contributed by atoms with van der Waals surface area (Å²) in [7, 11) is 1.58. The first-order chi connectivity index (χ1) is 9.22. The number of ether oxygens (including phenoxy) is 1. The molecule has 0 bridgehead atoms. The Balaban J connectivity index is 2.56. The minimum Gasteiger partial charge on any atom is -0.497 e. The number of hydrogen-bond donors (Lipinski definition) is 0. The fourth-order valence-electron chi connectivity index (χ4n) is 2.39. The zero-order valence-electron chi connectivity index (χ0n) is 11.4. The Morgan fingerprint density at radius 1 is 1.32 bits per heavy atom. The number of ketones is 1. The standard InChI is InChI=1S/C17H18O2/c1-4-8-13-14-9-6-7-10-15(14)17(18)16(13)11-12(5-2)19-3/h5-7,9-11H,2,4,8H2,1,3H3/b12-11+. The van der Waals surface area contributed by atoms with Gasteiger partial charge in [0.1, 0.15) is 5.76 Å². The van der Waals surface area contributed by atoms with Gasteiger partial charge in [0.15, 0.2) is 5.78 Å². The van der Waals surface area contributed by atoms with Crippen molar-refractivity contribution in [2.75, 3.05) is 7.11 Å². The number of rotatable bonds is 5. The van der Waals surface area contributed by atoms with Gasteiger partial charge in [0.2, 0.25) is 0 Å². The number of allylic oxidation sites excluding steroid dienone is 4. The van der Waals surface area contributed by atoms with Crippen LogP contribution in [0.4, 0.5) is 0 Å². The summed E-state index contributed by atoms with van der Waals surface area (Å²) in [6.45, 7) is 5.81. The second kappa shape index (κ2) is 5.70. The van der Waals surface area contributed by atoms with E-state index in [1.54, 1.807) is 19.3 Å². The van der Waals surface area contributed by atoms with E-state index in [2.05, 4.69) is 13.5 Å². The molecule has 0 aliphatic heterocycles. The van der Waals surface area contributed by atoms with Crippen LogP contribution in [0.15, 0.2) is 54.3 Å². The van der Waals surface area contributed by atoms with Gasteiger partial charge >= 0.3 is 0 Å². The second-order valence-corrected chi connectivity index (χ2v) is 4.47. The Morgan fingerprint density at radius 2 is 2.00 bits per heavy atom. The van der Waals surface area contributed by atoms with Gasteiger partial charge in [0.25, 0.3) is 0 Å². The summed E-state index contributed by atoms with van der Waals surface area (Å²) < 4.78 is 5.19. The van der Waals surface area contributed by atoms with Crippen molar-refractivity contribution >= 4 is 11.4 Å². The van der Waals surface area contributed by atoms with Gasteiger partial charge in [-0.15, -0.1) is 0 Å². The number of Topliss-reactive ketones (excluding diaryl/α,β-unsaturated/α-hetero) is 1. The van der Waals surface area contributed by atoms with E-state index in [4.69, 9.17) is 4.74 Å². The molecule has 2 nitrogen and oxygen atoms in total.